The van der Waals surface area contributed by atoms with Gasteiger partial charge in [0.05, 0.1) is 6.21 Å². The second-order valence-electron chi connectivity index (χ2n) is 7.68. The number of rotatable bonds is 3. The average molecular weight is 350 g/mol. The van der Waals surface area contributed by atoms with Gasteiger partial charge >= 0.3 is 0 Å². The molecule has 5 nitrogen and oxygen atoms in total. The highest BCUT2D eigenvalue weighted by atomic mass is 16.2. The predicted octanol–water partition coefficient (Wildman–Crippen LogP) is 3.88. The minimum Gasteiger partial charge on any atom is -0.369 e. The molecule has 136 valence electrons. The summed E-state index contributed by atoms with van der Waals surface area (Å²) in [4.78, 5) is 18.3. The maximum Gasteiger partial charge on any atom is 0.271 e. The maximum atomic E-state index is 12.1. The van der Waals surface area contributed by atoms with Crippen molar-refractivity contribution < 1.29 is 4.79 Å². The predicted molar refractivity (Wildman–Crippen MR) is 106 cm³/mol. The van der Waals surface area contributed by atoms with Gasteiger partial charge < -0.3 is 4.90 Å². The SMILES string of the molecule is Cc1cc2c(cc1/C=N\NC(=O)c1ccncc1)[C@@H](C)CC(C)(C)N2C. The zero-order valence-electron chi connectivity index (χ0n) is 16.1. The summed E-state index contributed by atoms with van der Waals surface area (Å²) < 4.78 is 0. The van der Waals surface area contributed by atoms with Gasteiger partial charge in [0, 0.05) is 36.2 Å². The van der Waals surface area contributed by atoms with Crippen LogP contribution in [-0.4, -0.2) is 29.7 Å². The molecule has 0 spiro atoms. The van der Waals surface area contributed by atoms with Crippen LogP contribution in [0, 0.1) is 6.92 Å². The van der Waals surface area contributed by atoms with Crippen molar-refractivity contribution in [3.05, 3.63) is 58.9 Å². The van der Waals surface area contributed by atoms with E-state index >= 15 is 0 Å². The van der Waals surface area contributed by atoms with E-state index in [2.05, 4.69) is 67.3 Å². The largest absolute Gasteiger partial charge is 0.369 e. The highest BCUT2D eigenvalue weighted by Gasteiger charge is 2.34. The van der Waals surface area contributed by atoms with Crippen molar-refractivity contribution in [1.29, 1.82) is 0 Å². The number of amides is 1. The Morgan fingerprint density at radius 1 is 1.35 bits per heavy atom. The molecule has 0 radical (unpaired) electrons. The van der Waals surface area contributed by atoms with Gasteiger partial charge in [0.15, 0.2) is 0 Å². The van der Waals surface area contributed by atoms with Crippen LogP contribution in [0.3, 0.4) is 0 Å². The standard InChI is InChI=1S/C21H26N4O/c1-14-10-19-18(15(2)12-21(3,4)25(19)5)11-17(14)13-23-24-20(26)16-6-8-22-9-7-16/h6-11,13,15H,12H2,1-5H3,(H,24,26)/b23-13-/t15-/m0/s1. The lowest BCUT2D eigenvalue weighted by atomic mass is 9.79. The molecule has 3 rings (SSSR count). The van der Waals surface area contributed by atoms with Gasteiger partial charge in [-0.2, -0.15) is 5.10 Å². The van der Waals surface area contributed by atoms with Crippen molar-refractivity contribution in [1.82, 2.24) is 10.4 Å². The van der Waals surface area contributed by atoms with Crippen LogP contribution in [0.5, 0.6) is 0 Å². The molecule has 2 aromatic rings. The highest BCUT2D eigenvalue weighted by Crippen LogP contribution is 2.43. The zero-order chi connectivity index (χ0) is 18.9. The number of benzene rings is 1. The third kappa shape index (κ3) is 3.47. The zero-order valence-corrected chi connectivity index (χ0v) is 16.1. The molecule has 1 aliphatic heterocycles. The van der Waals surface area contributed by atoms with E-state index in [1.165, 1.54) is 11.3 Å². The lowest BCUT2D eigenvalue weighted by Crippen LogP contribution is -2.45. The Kier molecular flexibility index (Phi) is 4.81. The lowest BCUT2D eigenvalue weighted by Gasteiger charge is -2.45. The van der Waals surface area contributed by atoms with E-state index in [0.29, 0.717) is 11.5 Å². The van der Waals surface area contributed by atoms with Crippen LogP contribution in [0.25, 0.3) is 0 Å². The molecule has 1 amide bonds. The van der Waals surface area contributed by atoms with Crippen LogP contribution in [-0.2, 0) is 0 Å². The molecule has 5 heteroatoms. The summed E-state index contributed by atoms with van der Waals surface area (Å²) in [5.74, 6) is 0.240. The minimum absolute atomic E-state index is 0.146. The summed E-state index contributed by atoms with van der Waals surface area (Å²) in [6.07, 6.45) is 6.01. The number of nitrogens with zero attached hydrogens (tertiary/aromatic N) is 3. The fourth-order valence-corrected chi connectivity index (χ4v) is 3.60. The first kappa shape index (κ1) is 18.1. The molecule has 1 atom stereocenters. The Bertz CT molecular complexity index is 843. The van der Waals surface area contributed by atoms with Crippen molar-refractivity contribution in [3.63, 3.8) is 0 Å². The summed E-state index contributed by atoms with van der Waals surface area (Å²) in [7, 11) is 2.16. The fraction of sp³-hybridized carbons (Fsp3) is 0.381. The lowest BCUT2D eigenvalue weighted by molar-refractivity contribution is 0.0955. The topological polar surface area (TPSA) is 57.6 Å². The second-order valence-corrected chi connectivity index (χ2v) is 7.68. The van der Waals surface area contributed by atoms with Gasteiger partial charge in [-0.1, -0.05) is 6.92 Å². The van der Waals surface area contributed by atoms with E-state index in [1.807, 2.05) is 0 Å². The average Bonchev–Trinajstić information content (AvgIpc) is 2.61. The second kappa shape index (κ2) is 6.90. The van der Waals surface area contributed by atoms with Crippen LogP contribution in [0.1, 0.15) is 60.2 Å². The van der Waals surface area contributed by atoms with Crippen LogP contribution in [0.4, 0.5) is 5.69 Å². The smallest absolute Gasteiger partial charge is 0.271 e. The fourth-order valence-electron chi connectivity index (χ4n) is 3.60. The number of carbonyl (C=O) groups is 1. The highest BCUT2D eigenvalue weighted by molar-refractivity contribution is 5.94. The molecular weight excluding hydrogens is 324 g/mol. The normalized spacial score (nSPS) is 18.7. The molecular formula is C21H26N4O. The Morgan fingerprint density at radius 3 is 2.73 bits per heavy atom. The summed E-state index contributed by atoms with van der Waals surface area (Å²) in [5, 5.41) is 4.14. The van der Waals surface area contributed by atoms with Crippen molar-refractivity contribution in [2.45, 2.75) is 45.6 Å². The molecule has 1 aromatic heterocycles. The van der Waals surface area contributed by atoms with Crippen molar-refractivity contribution in [2.24, 2.45) is 5.10 Å². The Hall–Kier alpha value is -2.69. The van der Waals surface area contributed by atoms with E-state index in [4.69, 9.17) is 0 Å². The van der Waals surface area contributed by atoms with Crippen molar-refractivity contribution in [3.8, 4) is 0 Å². The van der Waals surface area contributed by atoms with Gasteiger partial charge in [0.2, 0.25) is 0 Å². The number of hydrazone groups is 1. The van der Waals surface area contributed by atoms with Gasteiger partial charge in [-0.15, -0.1) is 0 Å². The first-order chi connectivity index (χ1) is 12.3. The number of hydrogen-bond donors (Lipinski definition) is 1. The first-order valence-corrected chi connectivity index (χ1v) is 8.91. The van der Waals surface area contributed by atoms with E-state index in [-0.39, 0.29) is 11.4 Å². The Labute approximate surface area is 155 Å². The monoisotopic (exact) mass is 350 g/mol. The van der Waals surface area contributed by atoms with E-state index in [1.54, 1.807) is 30.7 Å². The molecule has 0 saturated heterocycles. The molecule has 0 unspecified atom stereocenters. The van der Waals surface area contributed by atoms with Crippen LogP contribution in [0.2, 0.25) is 0 Å². The van der Waals surface area contributed by atoms with Gasteiger partial charge in [0.1, 0.15) is 0 Å². The van der Waals surface area contributed by atoms with Crippen molar-refractivity contribution >= 4 is 17.8 Å². The Balaban J connectivity index is 1.82. The summed E-state index contributed by atoms with van der Waals surface area (Å²) >= 11 is 0. The Morgan fingerprint density at radius 2 is 2.04 bits per heavy atom. The minimum atomic E-state index is -0.242. The van der Waals surface area contributed by atoms with E-state index < -0.39 is 0 Å². The van der Waals surface area contributed by atoms with Gasteiger partial charge in [-0.3, -0.25) is 9.78 Å². The first-order valence-electron chi connectivity index (χ1n) is 8.91. The molecule has 0 fully saturated rings. The molecule has 1 aromatic carbocycles. The third-order valence-corrected chi connectivity index (χ3v) is 5.33. The molecule has 0 saturated carbocycles. The number of hydrogen-bond acceptors (Lipinski definition) is 4. The molecule has 26 heavy (non-hydrogen) atoms. The number of carbonyl (C=O) groups excluding carboxylic acids is 1. The van der Waals surface area contributed by atoms with Crippen molar-refractivity contribution in [2.75, 3.05) is 11.9 Å². The molecule has 2 heterocycles. The van der Waals surface area contributed by atoms with Crippen LogP contribution < -0.4 is 10.3 Å². The van der Waals surface area contributed by atoms with E-state index in [9.17, 15) is 4.79 Å². The maximum absolute atomic E-state index is 12.1. The molecule has 1 aliphatic rings. The van der Waals surface area contributed by atoms with Crippen LogP contribution >= 0.6 is 0 Å². The number of aromatic nitrogens is 1. The number of pyridine rings is 1. The van der Waals surface area contributed by atoms with Gasteiger partial charge in [-0.25, -0.2) is 5.43 Å². The van der Waals surface area contributed by atoms with E-state index in [0.717, 1.165) is 17.5 Å². The van der Waals surface area contributed by atoms with Crippen LogP contribution in [0.15, 0.2) is 41.8 Å². The number of fused-ring (bicyclic) bond motifs is 1. The molecule has 0 bridgehead atoms. The molecule has 1 N–H and O–H groups in total. The number of aryl methyl sites for hydroxylation is 1. The summed E-state index contributed by atoms with van der Waals surface area (Å²) in [6, 6.07) is 7.74. The summed E-state index contributed by atoms with van der Waals surface area (Å²) in [5.41, 5.74) is 8.05. The molecule has 0 aliphatic carbocycles. The van der Waals surface area contributed by atoms with Gasteiger partial charge in [-0.05, 0) is 74.1 Å². The van der Waals surface area contributed by atoms with Gasteiger partial charge in [0.25, 0.3) is 5.91 Å². The summed E-state index contributed by atoms with van der Waals surface area (Å²) in [6.45, 7) is 8.92. The number of anilines is 1. The quantitative estimate of drug-likeness (QED) is 0.675. The third-order valence-electron chi connectivity index (χ3n) is 5.33. The number of nitrogens with one attached hydrogen (secondary N) is 1.